The third kappa shape index (κ3) is 0.864. The van der Waals surface area contributed by atoms with E-state index in [1.807, 2.05) is 0 Å². The Hall–Kier alpha value is -0.0800. The highest BCUT2D eigenvalue weighted by Crippen LogP contribution is 2.33. The number of rotatable bonds is 0. The molecule has 2 fully saturated rings. The average Bonchev–Trinajstić information content (AvgIpc) is 2.22. The Morgan fingerprint density at radius 2 is 1.67 bits per heavy atom. The van der Waals surface area contributed by atoms with Gasteiger partial charge in [-0.2, -0.15) is 0 Å². The fourth-order valence-electron chi connectivity index (χ4n) is 1.76. The van der Waals surface area contributed by atoms with E-state index in [9.17, 15) is 0 Å². The van der Waals surface area contributed by atoms with Crippen LogP contribution >= 0.6 is 0 Å². The van der Waals surface area contributed by atoms with Gasteiger partial charge in [0.25, 0.3) is 0 Å². The molecule has 0 bridgehead atoms. The van der Waals surface area contributed by atoms with Crippen molar-refractivity contribution in [2.24, 2.45) is 5.92 Å². The molecule has 0 spiro atoms. The van der Waals surface area contributed by atoms with E-state index in [1.165, 1.54) is 12.8 Å². The van der Waals surface area contributed by atoms with Crippen molar-refractivity contribution in [2.45, 2.75) is 32.0 Å². The van der Waals surface area contributed by atoms with Gasteiger partial charge >= 0.3 is 0 Å². The van der Waals surface area contributed by atoms with E-state index in [4.69, 9.17) is 9.47 Å². The topological polar surface area (TPSA) is 18.5 Å². The Balaban J connectivity index is 2.02. The van der Waals surface area contributed by atoms with Crippen molar-refractivity contribution in [1.29, 1.82) is 0 Å². The number of hydrogen-bond acceptors (Lipinski definition) is 2. The van der Waals surface area contributed by atoms with Gasteiger partial charge in [-0.1, -0.05) is 6.92 Å². The summed E-state index contributed by atoms with van der Waals surface area (Å²) >= 11 is 0. The van der Waals surface area contributed by atoms with Gasteiger partial charge in [-0.15, -0.1) is 0 Å². The number of hydrogen-bond donors (Lipinski definition) is 0. The monoisotopic (exact) mass is 128 g/mol. The largest absolute Gasteiger partial charge is 0.349 e. The lowest BCUT2D eigenvalue weighted by Crippen LogP contribution is -2.13. The van der Waals surface area contributed by atoms with Gasteiger partial charge in [0.1, 0.15) is 6.79 Å². The van der Waals surface area contributed by atoms with E-state index in [-0.39, 0.29) is 0 Å². The highest BCUT2D eigenvalue weighted by Gasteiger charge is 2.37. The zero-order valence-electron chi connectivity index (χ0n) is 5.67. The maximum Gasteiger partial charge on any atom is 0.147 e. The molecule has 1 aliphatic heterocycles. The van der Waals surface area contributed by atoms with Gasteiger partial charge in [-0.3, -0.25) is 0 Å². The molecule has 1 saturated carbocycles. The first-order valence-electron chi connectivity index (χ1n) is 3.59. The first-order valence-corrected chi connectivity index (χ1v) is 3.59. The maximum absolute atomic E-state index is 5.33. The van der Waals surface area contributed by atoms with Crippen molar-refractivity contribution in [3.8, 4) is 0 Å². The van der Waals surface area contributed by atoms with Crippen molar-refractivity contribution in [3.63, 3.8) is 0 Å². The Morgan fingerprint density at radius 1 is 1.11 bits per heavy atom. The molecule has 2 heteroatoms. The van der Waals surface area contributed by atoms with Crippen LogP contribution in [0.3, 0.4) is 0 Å². The van der Waals surface area contributed by atoms with Crippen LogP contribution in [0.5, 0.6) is 0 Å². The lowest BCUT2D eigenvalue weighted by atomic mass is 10.1. The minimum absolute atomic E-state index is 0.431. The molecule has 0 amide bonds. The Morgan fingerprint density at radius 3 is 2.22 bits per heavy atom. The third-order valence-electron chi connectivity index (χ3n) is 2.25. The molecule has 0 aromatic carbocycles. The summed E-state index contributed by atoms with van der Waals surface area (Å²) in [5, 5.41) is 0. The fourth-order valence-corrected chi connectivity index (χ4v) is 1.76. The van der Waals surface area contributed by atoms with E-state index in [0.29, 0.717) is 19.0 Å². The zero-order chi connectivity index (χ0) is 6.27. The van der Waals surface area contributed by atoms with Crippen LogP contribution in [0.4, 0.5) is 0 Å². The normalized spacial score (nSPS) is 49.7. The first-order chi connectivity index (χ1) is 4.36. The van der Waals surface area contributed by atoms with Crippen molar-refractivity contribution in [3.05, 3.63) is 0 Å². The smallest absolute Gasteiger partial charge is 0.147 e. The average molecular weight is 128 g/mol. The molecule has 2 aliphatic rings. The van der Waals surface area contributed by atoms with E-state index in [1.54, 1.807) is 0 Å². The predicted octanol–water partition coefficient (Wildman–Crippen LogP) is 1.16. The van der Waals surface area contributed by atoms with Crippen molar-refractivity contribution in [1.82, 2.24) is 0 Å². The molecule has 0 radical (unpaired) electrons. The van der Waals surface area contributed by atoms with Gasteiger partial charge in [0.2, 0.25) is 0 Å². The second-order valence-corrected chi connectivity index (χ2v) is 3.10. The van der Waals surface area contributed by atoms with Crippen molar-refractivity contribution in [2.75, 3.05) is 6.79 Å². The molecule has 9 heavy (non-hydrogen) atoms. The molecule has 52 valence electrons. The molecule has 0 aromatic rings. The maximum atomic E-state index is 5.33. The van der Waals surface area contributed by atoms with Gasteiger partial charge < -0.3 is 9.47 Å². The van der Waals surface area contributed by atoms with Gasteiger partial charge in [0, 0.05) is 0 Å². The van der Waals surface area contributed by atoms with Crippen LogP contribution in [0.15, 0.2) is 0 Å². The summed E-state index contributed by atoms with van der Waals surface area (Å²) in [6, 6.07) is 0. The van der Waals surface area contributed by atoms with Crippen molar-refractivity contribution < 1.29 is 9.47 Å². The van der Waals surface area contributed by atoms with Crippen LogP contribution in [-0.4, -0.2) is 19.0 Å². The number of ether oxygens (including phenoxy) is 2. The summed E-state index contributed by atoms with van der Waals surface area (Å²) in [5.74, 6) is 0.806. The molecule has 2 unspecified atom stereocenters. The van der Waals surface area contributed by atoms with E-state index >= 15 is 0 Å². The Bertz CT molecular complexity index is 101. The molecular formula is C7H12O2. The lowest BCUT2D eigenvalue weighted by Gasteiger charge is -2.01. The minimum Gasteiger partial charge on any atom is -0.349 e. The van der Waals surface area contributed by atoms with Crippen LogP contribution in [0, 0.1) is 5.92 Å². The fraction of sp³-hybridized carbons (Fsp3) is 1.00. The first kappa shape index (κ1) is 5.69. The minimum atomic E-state index is 0.431. The summed E-state index contributed by atoms with van der Waals surface area (Å²) in [6.07, 6.45) is 3.26. The summed E-state index contributed by atoms with van der Waals surface area (Å²) in [5.41, 5.74) is 0. The van der Waals surface area contributed by atoms with Crippen LogP contribution < -0.4 is 0 Å². The van der Waals surface area contributed by atoms with Gasteiger partial charge in [0.05, 0.1) is 12.2 Å². The molecule has 2 rings (SSSR count). The van der Waals surface area contributed by atoms with Crippen LogP contribution in [0.1, 0.15) is 19.8 Å². The van der Waals surface area contributed by atoms with Gasteiger partial charge in [-0.05, 0) is 18.8 Å². The SMILES string of the molecule is CC1CC2OCOC2C1. The molecule has 1 aliphatic carbocycles. The summed E-state index contributed by atoms with van der Waals surface area (Å²) in [7, 11) is 0. The zero-order valence-corrected chi connectivity index (χ0v) is 5.67. The molecule has 0 N–H and O–H groups in total. The van der Waals surface area contributed by atoms with E-state index in [0.717, 1.165) is 5.92 Å². The quantitative estimate of drug-likeness (QED) is 0.487. The second kappa shape index (κ2) is 1.96. The molecule has 2 nitrogen and oxygen atoms in total. The molecular weight excluding hydrogens is 116 g/mol. The third-order valence-corrected chi connectivity index (χ3v) is 2.25. The Kier molecular flexibility index (Phi) is 1.24. The Labute approximate surface area is 55.1 Å². The molecule has 0 aromatic heterocycles. The highest BCUT2D eigenvalue weighted by atomic mass is 16.7. The van der Waals surface area contributed by atoms with E-state index < -0.39 is 0 Å². The summed E-state index contributed by atoms with van der Waals surface area (Å²) in [6.45, 7) is 2.78. The number of fused-ring (bicyclic) bond motifs is 1. The molecule has 1 saturated heterocycles. The van der Waals surface area contributed by atoms with E-state index in [2.05, 4.69) is 6.92 Å². The van der Waals surface area contributed by atoms with Crippen LogP contribution in [0.25, 0.3) is 0 Å². The molecule has 1 heterocycles. The predicted molar refractivity (Wildman–Crippen MR) is 33.0 cm³/mol. The van der Waals surface area contributed by atoms with Crippen LogP contribution in [0.2, 0.25) is 0 Å². The second-order valence-electron chi connectivity index (χ2n) is 3.10. The van der Waals surface area contributed by atoms with Crippen molar-refractivity contribution >= 4 is 0 Å². The summed E-state index contributed by atoms with van der Waals surface area (Å²) in [4.78, 5) is 0. The standard InChI is InChI=1S/C7H12O2/c1-5-2-6-7(3-5)9-4-8-6/h5-7H,2-4H2,1H3. The molecule has 2 atom stereocenters. The van der Waals surface area contributed by atoms with Gasteiger partial charge in [0.15, 0.2) is 0 Å². The highest BCUT2D eigenvalue weighted by molar-refractivity contribution is 4.85. The summed E-state index contributed by atoms with van der Waals surface area (Å²) < 4.78 is 10.7. The van der Waals surface area contributed by atoms with Crippen LogP contribution in [-0.2, 0) is 9.47 Å². The lowest BCUT2D eigenvalue weighted by molar-refractivity contribution is 0.0237. The van der Waals surface area contributed by atoms with Gasteiger partial charge in [-0.25, -0.2) is 0 Å².